The van der Waals surface area contributed by atoms with Crippen molar-refractivity contribution in [2.45, 2.75) is 12.8 Å². The van der Waals surface area contributed by atoms with Gasteiger partial charge in [0.2, 0.25) is 0 Å². The SMILES string of the molecule is O=C(O)CN(CC1CC1)C(=O)c1cc(F)c(Cl)cc1Cl. The summed E-state index contributed by atoms with van der Waals surface area (Å²) in [4.78, 5) is 24.3. The Kier molecular flexibility index (Phi) is 4.50. The molecular weight excluding hydrogens is 308 g/mol. The van der Waals surface area contributed by atoms with Gasteiger partial charge in [-0.15, -0.1) is 0 Å². The number of carbonyl (C=O) groups excluding carboxylic acids is 1. The van der Waals surface area contributed by atoms with Crippen molar-refractivity contribution in [2.24, 2.45) is 5.92 Å². The molecule has 1 fully saturated rings. The number of nitrogens with zero attached hydrogens (tertiary/aromatic N) is 1. The summed E-state index contributed by atoms with van der Waals surface area (Å²) in [7, 11) is 0. The van der Waals surface area contributed by atoms with Crippen LogP contribution in [0.3, 0.4) is 0 Å². The zero-order valence-corrected chi connectivity index (χ0v) is 11.9. The van der Waals surface area contributed by atoms with Gasteiger partial charge in [0.1, 0.15) is 12.4 Å². The maximum absolute atomic E-state index is 13.4. The molecule has 0 bridgehead atoms. The Morgan fingerprint density at radius 1 is 1.30 bits per heavy atom. The molecule has 4 nitrogen and oxygen atoms in total. The average Bonchev–Trinajstić information content (AvgIpc) is 3.15. The van der Waals surface area contributed by atoms with Crippen LogP contribution in [0.5, 0.6) is 0 Å². The van der Waals surface area contributed by atoms with Gasteiger partial charge in [-0.25, -0.2) is 4.39 Å². The normalized spacial score (nSPS) is 14.2. The van der Waals surface area contributed by atoms with Gasteiger partial charge in [-0.1, -0.05) is 23.2 Å². The summed E-state index contributed by atoms with van der Waals surface area (Å²) >= 11 is 11.5. The van der Waals surface area contributed by atoms with Crippen LogP contribution in [-0.2, 0) is 4.79 Å². The maximum Gasteiger partial charge on any atom is 0.323 e. The number of hydrogen-bond donors (Lipinski definition) is 1. The van der Waals surface area contributed by atoms with E-state index in [9.17, 15) is 14.0 Å². The Hall–Kier alpha value is -1.33. The van der Waals surface area contributed by atoms with Crippen LogP contribution in [0.4, 0.5) is 4.39 Å². The molecule has 0 unspecified atom stereocenters. The Morgan fingerprint density at radius 2 is 1.95 bits per heavy atom. The van der Waals surface area contributed by atoms with Gasteiger partial charge < -0.3 is 10.0 Å². The molecule has 0 aromatic heterocycles. The molecule has 1 aliphatic rings. The number of carboxylic acid groups (broad SMARTS) is 1. The lowest BCUT2D eigenvalue weighted by atomic mass is 10.1. The van der Waals surface area contributed by atoms with Gasteiger partial charge in [0, 0.05) is 6.54 Å². The third kappa shape index (κ3) is 3.61. The number of hydrogen-bond acceptors (Lipinski definition) is 2. The second kappa shape index (κ2) is 5.97. The second-order valence-electron chi connectivity index (χ2n) is 4.77. The molecule has 1 aromatic rings. The molecule has 0 radical (unpaired) electrons. The highest BCUT2D eigenvalue weighted by Gasteiger charge is 2.29. The summed E-state index contributed by atoms with van der Waals surface area (Å²) in [6.45, 7) is -0.0956. The van der Waals surface area contributed by atoms with Gasteiger partial charge in [-0.3, -0.25) is 9.59 Å². The van der Waals surface area contributed by atoms with E-state index >= 15 is 0 Å². The van der Waals surface area contributed by atoms with E-state index in [1.165, 1.54) is 4.90 Å². The molecule has 0 heterocycles. The van der Waals surface area contributed by atoms with Crippen molar-refractivity contribution in [2.75, 3.05) is 13.1 Å². The lowest BCUT2D eigenvalue weighted by molar-refractivity contribution is -0.137. The average molecular weight is 320 g/mol. The van der Waals surface area contributed by atoms with Crippen molar-refractivity contribution in [3.8, 4) is 0 Å². The van der Waals surface area contributed by atoms with Crippen molar-refractivity contribution in [3.05, 3.63) is 33.6 Å². The summed E-state index contributed by atoms with van der Waals surface area (Å²) in [5.74, 6) is -2.17. The molecule has 0 saturated heterocycles. The monoisotopic (exact) mass is 319 g/mol. The molecule has 1 amide bonds. The van der Waals surface area contributed by atoms with E-state index in [1.807, 2.05) is 0 Å². The summed E-state index contributed by atoms with van der Waals surface area (Å²) < 4.78 is 13.4. The molecule has 1 aliphatic carbocycles. The number of carboxylic acids is 1. The molecular formula is C13H12Cl2FNO3. The molecule has 108 valence electrons. The van der Waals surface area contributed by atoms with Crippen molar-refractivity contribution < 1.29 is 19.1 Å². The van der Waals surface area contributed by atoms with Crippen LogP contribution >= 0.6 is 23.2 Å². The Balaban J connectivity index is 2.25. The van der Waals surface area contributed by atoms with Gasteiger partial charge in [-0.2, -0.15) is 0 Å². The highest BCUT2D eigenvalue weighted by atomic mass is 35.5. The van der Waals surface area contributed by atoms with E-state index in [-0.39, 0.29) is 15.6 Å². The molecule has 20 heavy (non-hydrogen) atoms. The van der Waals surface area contributed by atoms with Crippen molar-refractivity contribution in [1.29, 1.82) is 0 Å². The van der Waals surface area contributed by atoms with E-state index in [2.05, 4.69) is 0 Å². The highest BCUT2D eigenvalue weighted by Crippen LogP contribution is 2.31. The molecule has 0 aliphatic heterocycles. The lowest BCUT2D eigenvalue weighted by Gasteiger charge is -2.21. The molecule has 0 atom stereocenters. The third-order valence-corrected chi connectivity index (χ3v) is 3.63. The van der Waals surface area contributed by atoms with Crippen LogP contribution in [0.1, 0.15) is 23.2 Å². The fourth-order valence-corrected chi connectivity index (χ4v) is 2.32. The number of aliphatic carboxylic acids is 1. The van der Waals surface area contributed by atoms with Gasteiger partial charge >= 0.3 is 5.97 Å². The maximum atomic E-state index is 13.4. The summed E-state index contributed by atoms with van der Waals surface area (Å²) in [5, 5.41) is 8.68. The predicted octanol–water partition coefficient (Wildman–Crippen LogP) is 3.07. The molecule has 1 saturated carbocycles. The Labute approximate surface area is 125 Å². The van der Waals surface area contributed by atoms with Crippen LogP contribution in [0.2, 0.25) is 10.0 Å². The fraction of sp³-hybridized carbons (Fsp3) is 0.385. The number of carbonyl (C=O) groups is 2. The van der Waals surface area contributed by atoms with Gasteiger partial charge in [-0.05, 0) is 30.9 Å². The zero-order chi connectivity index (χ0) is 14.9. The topological polar surface area (TPSA) is 57.6 Å². The summed E-state index contributed by atoms with van der Waals surface area (Å²) in [6.07, 6.45) is 1.93. The summed E-state index contributed by atoms with van der Waals surface area (Å²) in [5.41, 5.74) is -0.0736. The zero-order valence-electron chi connectivity index (χ0n) is 10.4. The quantitative estimate of drug-likeness (QED) is 0.848. The number of rotatable bonds is 5. The van der Waals surface area contributed by atoms with Crippen molar-refractivity contribution in [1.82, 2.24) is 4.90 Å². The van der Waals surface area contributed by atoms with Crippen LogP contribution in [0.15, 0.2) is 12.1 Å². The molecule has 1 N–H and O–H groups in total. The van der Waals surface area contributed by atoms with Crippen LogP contribution in [0, 0.1) is 11.7 Å². The molecule has 7 heteroatoms. The highest BCUT2D eigenvalue weighted by molar-refractivity contribution is 6.36. The first kappa shape index (κ1) is 15.1. The molecule has 2 rings (SSSR count). The predicted molar refractivity (Wildman–Crippen MR) is 72.7 cm³/mol. The van der Waals surface area contributed by atoms with E-state index in [0.717, 1.165) is 25.0 Å². The van der Waals surface area contributed by atoms with E-state index in [4.69, 9.17) is 28.3 Å². The van der Waals surface area contributed by atoms with E-state index < -0.39 is 24.2 Å². The van der Waals surface area contributed by atoms with Crippen molar-refractivity contribution >= 4 is 35.1 Å². The lowest BCUT2D eigenvalue weighted by Crippen LogP contribution is -2.37. The van der Waals surface area contributed by atoms with E-state index in [0.29, 0.717) is 12.5 Å². The van der Waals surface area contributed by atoms with Crippen LogP contribution in [0.25, 0.3) is 0 Å². The standard InChI is InChI=1S/C13H12Cl2FNO3/c14-9-4-10(15)11(16)3-8(9)13(20)17(6-12(18)19)5-7-1-2-7/h3-4,7H,1-2,5-6H2,(H,18,19). The minimum atomic E-state index is -1.12. The first-order valence-corrected chi connectivity index (χ1v) is 6.79. The van der Waals surface area contributed by atoms with Gasteiger partial charge in [0.15, 0.2) is 0 Å². The first-order chi connectivity index (χ1) is 9.38. The van der Waals surface area contributed by atoms with Gasteiger partial charge in [0.05, 0.1) is 15.6 Å². The summed E-state index contributed by atoms with van der Waals surface area (Å²) in [6, 6.07) is 2.08. The van der Waals surface area contributed by atoms with Crippen LogP contribution in [-0.4, -0.2) is 35.0 Å². The number of halogens is 3. The van der Waals surface area contributed by atoms with Crippen molar-refractivity contribution in [3.63, 3.8) is 0 Å². The van der Waals surface area contributed by atoms with Crippen LogP contribution < -0.4 is 0 Å². The molecule has 0 spiro atoms. The largest absolute Gasteiger partial charge is 0.480 e. The smallest absolute Gasteiger partial charge is 0.323 e. The number of benzene rings is 1. The minimum Gasteiger partial charge on any atom is -0.480 e. The fourth-order valence-electron chi connectivity index (χ4n) is 1.85. The first-order valence-electron chi connectivity index (χ1n) is 6.04. The number of amides is 1. The Bertz CT molecular complexity index is 561. The molecule has 1 aromatic carbocycles. The third-order valence-electron chi connectivity index (χ3n) is 3.03. The van der Waals surface area contributed by atoms with E-state index in [1.54, 1.807) is 0 Å². The van der Waals surface area contributed by atoms with Gasteiger partial charge in [0.25, 0.3) is 5.91 Å². The Morgan fingerprint density at radius 3 is 2.50 bits per heavy atom. The minimum absolute atomic E-state index is 0.00702. The second-order valence-corrected chi connectivity index (χ2v) is 5.58.